The third-order valence-corrected chi connectivity index (χ3v) is 6.45. The van der Waals surface area contributed by atoms with Gasteiger partial charge in [-0.2, -0.15) is 0 Å². The molecule has 2 heterocycles. The third-order valence-electron chi connectivity index (χ3n) is 6.45. The molecule has 36 heavy (non-hydrogen) atoms. The lowest BCUT2D eigenvalue weighted by Gasteiger charge is -2.23. The quantitative estimate of drug-likeness (QED) is 0.462. The van der Waals surface area contributed by atoms with Gasteiger partial charge in [0, 0.05) is 23.6 Å². The van der Waals surface area contributed by atoms with Gasteiger partial charge in [0.2, 0.25) is 6.17 Å². The Morgan fingerprint density at radius 1 is 1.22 bits per heavy atom. The number of rotatable bonds is 9. The van der Waals surface area contributed by atoms with Crippen LogP contribution < -0.4 is 10.6 Å². The maximum absolute atomic E-state index is 15.5. The third kappa shape index (κ3) is 5.31. The van der Waals surface area contributed by atoms with E-state index in [1.165, 1.54) is 32.9 Å². The van der Waals surface area contributed by atoms with E-state index in [9.17, 15) is 13.6 Å². The first kappa shape index (κ1) is 26.3. The Bertz CT molecular complexity index is 1130. The van der Waals surface area contributed by atoms with Crippen molar-refractivity contribution in [1.29, 1.82) is 0 Å². The number of hydrogen-bond acceptors (Lipinski definition) is 6. The molecule has 11 heteroatoms. The lowest BCUT2D eigenvalue weighted by atomic mass is 9.95. The van der Waals surface area contributed by atoms with Gasteiger partial charge in [-0.3, -0.25) is 4.79 Å². The molecule has 2 aliphatic rings. The summed E-state index contributed by atoms with van der Waals surface area (Å²) in [5.41, 5.74) is -1.31. The Morgan fingerprint density at radius 2 is 1.89 bits per heavy atom. The zero-order valence-corrected chi connectivity index (χ0v) is 20.6. The number of nitrogens with one attached hydrogen (secondary N) is 2. The van der Waals surface area contributed by atoms with E-state index in [-0.39, 0.29) is 48.2 Å². The predicted octanol–water partition coefficient (Wildman–Crippen LogP) is 5.01. The number of aryl methyl sites for hydroxylation is 1. The number of carbonyl (C=O) groups excluding carboxylic acids is 1. The molecular formula is C25H30F4N4O3. The molecule has 1 aliphatic heterocycles. The SMILES string of the molecule is Cc1nc(NCc2cccc(C(F)(F)C(C)C)c2F)c(C2OCCO2)c(C(F)C(=O)NC2(C)CC2)n1. The van der Waals surface area contributed by atoms with Crippen LogP contribution in [0.5, 0.6) is 0 Å². The first-order chi connectivity index (χ1) is 16.9. The molecule has 1 atom stereocenters. The van der Waals surface area contributed by atoms with E-state index in [4.69, 9.17) is 9.47 Å². The Labute approximate surface area is 207 Å². The van der Waals surface area contributed by atoms with Gasteiger partial charge in [0.05, 0.1) is 30.0 Å². The summed E-state index contributed by atoms with van der Waals surface area (Å²) in [6.45, 7) is 6.22. The van der Waals surface area contributed by atoms with Gasteiger partial charge in [-0.25, -0.2) is 27.5 Å². The van der Waals surface area contributed by atoms with Crippen LogP contribution >= 0.6 is 0 Å². The van der Waals surface area contributed by atoms with E-state index in [2.05, 4.69) is 20.6 Å². The second-order valence-corrected chi connectivity index (χ2v) is 9.81. The topological polar surface area (TPSA) is 85.4 Å². The number of ether oxygens (including phenoxy) is 2. The van der Waals surface area contributed by atoms with Crippen LogP contribution in [0.15, 0.2) is 18.2 Å². The van der Waals surface area contributed by atoms with Gasteiger partial charge < -0.3 is 20.1 Å². The summed E-state index contributed by atoms with van der Waals surface area (Å²) in [6.07, 6.45) is -1.67. The van der Waals surface area contributed by atoms with E-state index < -0.39 is 47.1 Å². The Balaban J connectivity index is 1.66. The molecule has 4 rings (SSSR count). The number of anilines is 1. The van der Waals surface area contributed by atoms with Gasteiger partial charge in [0.25, 0.3) is 11.8 Å². The van der Waals surface area contributed by atoms with Gasteiger partial charge in [0.1, 0.15) is 17.5 Å². The lowest BCUT2D eigenvalue weighted by molar-refractivity contribution is -0.127. The number of amides is 1. The average molecular weight is 511 g/mol. The molecule has 1 aromatic carbocycles. The molecule has 2 fully saturated rings. The van der Waals surface area contributed by atoms with Crippen LogP contribution in [0, 0.1) is 18.7 Å². The maximum Gasteiger partial charge on any atom is 0.278 e. The zero-order valence-electron chi connectivity index (χ0n) is 20.6. The molecular weight excluding hydrogens is 480 g/mol. The molecule has 2 N–H and O–H groups in total. The summed E-state index contributed by atoms with van der Waals surface area (Å²) in [6, 6.07) is 3.79. The Kier molecular flexibility index (Phi) is 7.25. The fourth-order valence-electron chi connectivity index (χ4n) is 3.95. The van der Waals surface area contributed by atoms with E-state index in [0.717, 1.165) is 18.9 Å². The summed E-state index contributed by atoms with van der Waals surface area (Å²) in [7, 11) is 0. The summed E-state index contributed by atoms with van der Waals surface area (Å²) >= 11 is 0. The second kappa shape index (κ2) is 9.93. The minimum absolute atomic E-state index is 0.0268. The number of aromatic nitrogens is 2. The first-order valence-corrected chi connectivity index (χ1v) is 11.9. The average Bonchev–Trinajstić information content (AvgIpc) is 3.30. The van der Waals surface area contributed by atoms with Crippen molar-refractivity contribution in [2.45, 2.75) is 71.0 Å². The maximum atomic E-state index is 15.5. The minimum Gasteiger partial charge on any atom is -0.365 e. The largest absolute Gasteiger partial charge is 0.365 e. The summed E-state index contributed by atoms with van der Waals surface area (Å²) in [5.74, 6) is -6.11. The monoisotopic (exact) mass is 510 g/mol. The molecule has 0 spiro atoms. The number of carbonyl (C=O) groups is 1. The van der Waals surface area contributed by atoms with Gasteiger partial charge in [-0.05, 0) is 26.7 Å². The highest BCUT2D eigenvalue weighted by Gasteiger charge is 2.42. The van der Waals surface area contributed by atoms with Crippen molar-refractivity contribution in [3.8, 4) is 0 Å². The molecule has 1 amide bonds. The first-order valence-electron chi connectivity index (χ1n) is 11.9. The molecule has 1 saturated heterocycles. The second-order valence-electron chi connectivity index (χ2n) is 9.81. The van der Waals surface area contributed by atoms with Crippen LogP contribution in [0.25, 0.3) is 0 Å². The van der Waals surface area contributed by atoms with Gasteiger partial charge in [-0.15, -0.1) is 0 Å². The summed E-state index contributed by atoms with van der Waals surface area (Å²) in [4.78, 5) is 21.1. The highest BCUT2D eigenvalue weighted by molar-refractivity contribution is 5.83. The normalized spacial score (nSPS) is 18.4. The summed E-state index contributed by atoms with van der Waals surface area (Å²) < 4.78 is 70.7. The van der Waals surface area contributed by atoms with E-state index >= 15 is 8.78 Å². The minimum atomic E-state index is -3.36. The van der Waals surface area contributed by atoms with Crippen LogP contribution in [-0.2, 0) is 26.7 Å². The highest BCUT2D eigenvalue weighted by Crippen LogP contribution is 2.40. The van der Waals surface area contributed by atoms with Crippen LogP contribution in [0.1, 0.15) is 74.3 Å². The fourth-order valence-corrected chi connectivity index (χ4v) is 3.95. The molecule has 1 saturated carbocycles. The van der Waals surface area contributed by atoms with Crippen molar-refractivity contribution >= 4 is 11.7 Å². The van der Waals surface area contributed by atoms with Crippen molar-refractivity contribution in [2.75, 3.05) is 18.5 Å². The van der Waals surface area contributed by atoms with Crippen molar-refractivity contribution in [1.82, 2.24) is 15.3 Å². The van der Waals surface area contributed by atoms with Crippen LogP contribution in [-0.4, -0.2) is 34.6 Å². The Hall–Kier alpha value is -2.79. The molecule has 2 aromatic rings. The standard InChI is InChI=1S/C25H30F4N4O3/c1-13(2)25(28,29)16-7-5-6-15(18(16)26)12-30-21-17(23-35-10-11-36-23)20(31-14(3)32-21)19(27)22(34)33-24(4)8-9-24/h5-7,13,19,23H,8-12H2,1-4H3,(H,33,34)(H,30,31,32). The smallest absolute Gasteiger partial charge is 0.278 e. The number of nitrogens with zero attached hydrogens (tertiary/aromatic N) is 2. The van der Waals surface area contributed by atoms with Crippen molar-refractivity contribution < 1.29 is 31.8 Å². The van der Waals surface area contributed by atoms with E-state index in [1.807, 2.05) is 6.92 Å². The molecule has 1 aliphatic carbocycles. The molecule has 7 nitrogen and oxygen atoms in total. The van der Waals surface area contributed by atoms with Crippen molar-refractivity contribution in [3.63, 3.8) is 0 Å². The van der Waals surface area contributed by atoms with E-state index in [1.54, 1.807) is 0 Å². The highest BCUT2D eigenvalue weighted by atomic mass is 19.3. The Morgan fingerprint density at radius 3 is 2.50 bits per heavy atom. The fraction of sp³-hybridized carbons (Fsp3) is 0.560. The van der Waals surface area contributed by atoms with Gasteiger partial charge in [-0.1, -0.05) is 32.0 Å². The zero-order chi connectivity index (χ0) is 26.3. The molecule has 0 radical (unpaired) electrons. The summed E-state index contributed by atoms with van der Waals surface area (Å²) in [5, 5.41) is 5.58. The van der Waals surface area contributed by atoms with Crippen molar-refractivity contribution in [3.05, 3.63) is 52.2 Å². The molecule has 196 valence electrons. The van der Waals surface area contributed by atoms with Gasteiger partial charge >= 0.3 is 0 Å². The van der Waals surface area contributed by atoms with Crippen molar-refractivity contribution in [2.24, 2.45) is 5.92 Å². The van der Waals surface area contributed by atoms with E-state index in [0.29, 0.717) is 0 Å². The number of hydrogen-bond donors (Lipinski definition) is 2. The van der Waals surface area contributed by atoms with Crippen LogP contribution in [0.4, 0.5) is 23.4 Å². The predicted molar refractivity (Wildman–Crippen MR) is 124 cm³/mol. The van der Waals surface area contributed by atoms with Crippen LogP contribution in [0.3, 0.4) is 0 Å². The lowest BCUT2D eigenvalue weighted by Crippen LogP contribution is -2.37. The van der Waals surface area contributed by atoms with Gasteiger partial charge in [0.15, 0.2) is 6.29 Å². The molecule has 1 aromatic heterocycles. The molecule has 0 bridgehead atoms. The van der Waals surface area contributed by atoms with Crippen LogP contribution in [0.2, 0.25) is 0 Å². The number of alkyl halides is 3. The number of benzene rings is 1. The number of halogens is 4. The molecule has 1 unspecified atom stereocenters.